The largest absolute Gasteiger partial charge is 0.472 e. The van der Waals surface area contributed by atoms with Crippen LogP contribution in [0.2, 0.25) is 0 Å². The second-order valence-electron chi connectivity index (χ2n) is 27.9. The van der Waals surface area contributed by atoms with Crippen LogP contribution in [0.4, 0.5) is 0 Å². The van der Waals surface area contributed by atoms with Crippen molar-refractivity contribution in [3.63, 3.8) is 0 Å². The van der Waals surface area contributed by atoms with E-state index in [1.165, 1.54) is 148 Å². The van der Waals surface area contributed by atoms with Crippen LogP contribution < -0.4 is 0 Å². The number of phosphoric ester groups is 2. The van der Waals surface area contributed by atoms with Crippen LogP contribution in [0, 0.1) is 23.7 Å². The van der Waals surface area contributed by atoms with Crippen LogP contribution >= 0.6 is 15.6 Å². The Morgan fingerprint density at radius 3 is 0.681 bits per heavy atom. The van der Waals surface area contributed by atoms with E-state index >= 15 is 0 Å². The molecule has 0 spiro atoms. The average molecular weight is 1340 g/mol. The number of carbonyl (C=O) groups is 4. The maximum Gasteiger partial charge on any atom is 0.472 e. The van der Waals surface area contributed by atoms with Crippen molar-refractivity contribution in [1.82, 2.24) is 0 Å². The minimum Gasteiger partial charge on any atom is -0.462 e. The zero-order valence-electron chi connectivity index (χ0n) is 59.5. The Morgan fingerprint density at radius 1 is 0.275 bits per heavy atom. The van der Waals surface area contributed by atoms with E-state index in [-0.39, 0.29) is 25.7 Å². The van der Waals surface area contributed by atoms with Crippen LogP contribution in [0.15, 0.2) is 0 Å². The highest BCUT2D eigenvalue weighted by atomic mass is 31.2. The van der Waals surface area contributed by atoms with Gasteiger partial charge in [-0.3, -0.25) is 37.3 Å². The summed E-state index contributed by atoms with van der Waals surface area (Å²) < 4.78 is 68.3. The Kier molecular flexibility index (Phi) is 60.3. The van der Waals surface area contributed by atoms with Gasteiger partial charge >= 0.3 is 39.5 Å². The number of rotatable bonds is 69. The van der Waals surface area contributed by atoms with Crippen molar-refractivity contribution in [3.05, 3.63) is 0 Å². The number of hydrogen-bond acceptors (Lipinski definition) is 15. The summed E-state index contributed by atoms with van der Waals surface area (Å²) in [5.74, 6) is 0.827. The molecule has 0 fully saturated rings. The summed E-state index contributed by atoms with van der Waals surface area (Å²) in [6.45, 7) is 14.1. The van der Waals surface area contributed by atoms with Crippen molar-refractivity contribution in [1.29, 1.82) is 0 Å². The van der Waals surface area contributed by atoms with Gasteiger partial charge in [-0.05, 0) is 49.4 Å². The van der Waals surface area contributed by atoms with Gasteiger partial charge in [0.15, 0.2) is 12.2 Å². The molecule has 540 valence electrons. The molecule has 2 unspecified atom stereocenters. The molecule has 17 nitrogen and oxygen atoms in total. The number of phosphoric acid groups is 2. The highest BCUT2D eigenvalue weighted by molar-refractivity contribution is 7.47. The van der Waals surface area contributed by atoms with Gasteiger partial charge in [0, 0.05) is 25.7 Å². The van der Waals surface area contributed by atoms with E-state index < -0.39 is 97.5 Å². The molecule has 5 atom stereocenters. The molecule has 0 aromatic carbocycles. The summed E-state index contributed by atoms with van der Waals surface area (Å²) in [5, 5.41) is 10.6. The molecule has 91 heavy (non-hydrogen) atoms. The van der Waals surface area contributed by atoms with Crippen LogP contribution in [-0.2, 0) is 65.4 Å². The van der Waals surface area contributed by atoms with Gasteiger partial charge in [-0.25, -0.2) is 9.13 Å². The Labute approximate surface area is 556 Å². The summed E-state index contributed by atoms with van der Waals surface area (Å²) in [7, 11) is -9.90. The first kappa shape index (κ1) is 89.1. The molecule has 0 aromatic rings. The SMILES string of the molecule is CC(C)CCCCCCCCCCCCCCCCC(=O)O[C@H](COC(=O)CCCCCCCCC(C)C)COP(=O)(O)OC[C@H](O)COP(=O)(O)OC[C@@H](COC(=O)CCCCCCCCCC(C)C)OC(=O)CCCCCCCCCCCCCCC(C)C. The first-order valence-electron chi connectivity index (χ1n) is 37.2. The quantitative estimate of drug-likeness (QED) is 0.0222. The van der Waals surface area contributed by atoms with Gasteiger partial charge in [0.05, 0.1) is 26.4 Å². The number of hydrogen-bond donors (Lipinski definition) is 3. The van der Waals surface area contributed by atoms with Crippen LogP contribution in [0.25, 0.3) is 0 Å². The van der Waals surface area contributed by atoms with Gasteiger partial charge in [-0.1, -0.05) is 306 Å². The molecule has 19 heteroatoms. The van der Waals surface area contributed by atoms with Crippen LogP contribution in [0.1, 0.15) is 357 Å². The fourth-order valence-electron chi connectivity index (χ4n) is 10.8. The zero-order chi connectivity index (χ0) is 67.5. The van der Waals surface area contributed by atoms with Crippen molar-refractivity contribution < 1.29 is 80.2 Å². The minimum atomic E-state index is -4.95. The first-order valence-corrected chi connectivity index (χ1v) is 40.2. The normalized spacial score (nSPS) is 14.2. The van der Waals surface area contributed by atoms with Crippen molar-refractivity contribution >= 4 is 39.5 Å². The molecular formula is C72H140O17P2. The molecule has 0 aliphatic heterocycles. The number of ether oxygens (including phenoxy) is 4. The Bertz CT molecular complexity index is 1800. The summed E-state index contributed by atoms with van der Waals surface area (Å²) in [5.41, 5.74) is 0. The fourth-order valence-corrected chi connectivity index (χ4v) is 12.4. The van der Waals surface area contributed by atoms with Gasteiger partial charge in [-0.15, -0.1) is 0 Å². The molecule has 3 N–H and O–H groups in total. The lowest BCUT2D eigenvalue weighted by Crippen LogP contribution is -2.30. The average Bonchev–Trinajstić information content (AvgIpc) is 2.74. The standard InChI is InChI=1S/C72H140O17P2/c1-62(2)48-40-32-24-19-15-11-9-10-12-17-21-27-38-46-54-72(77)89-68(59-83-70(75)53-45-37-31-30-35-43-51-65(7)8)61-87-91(80,81)85-57-66(73)56-84-90(78,79)86-60-67(58-82-69(74)52-44-36-29-23-26-34-42-50-64(5)6)88-71(76)55-47-39-28-22-18-14-13-16-20-25-33-41-49-63(3)4/h62-68,73H,9-61H2,1-8H3,(H,78,79)(H,80,81)/t66-,67-,68-/m1/s1. The van der Waals surface area contributed by atoms with Crippen LogP contribution in [0.5, 0.6) is 0 Å². The third kappa shape index (κ3) is 66.5. The molecule has 0 bridgehead atoms. The molecular weight excluding hydrogens is 1200 g/mol. The third-order valence-corrected chi connectivity index (χ3v) is 18.5. The molecule has 0 radical (unpaired) electrons. The molecule has 0 aliphatic carbocycles. The van der Waals surface area contributed by atoms with E-state index in [4.69, 9.17) is 37.0 Å². The lowest BCUT2D eigenvalue weighted by Gasteiger charge is -2.21. The summed E-state index contributed by atoms with van der Waals surface area (Å²) in [6.07, 6.45) is 44.7. The van der Waals surface area contributed by atoms with Gasteiger partial charge in [0.1, 0.15) is 19.3 Å². The molecule has 0 aromatic heterocycles. The molecule has 0 rings (SSSR count). The zero-order valence-corrected chi connectivity index (χ0v) is 61.3. The second-order valence-corrected chi connectivity index (χ2v) is 30.8. The number of carbonyl (C=O) groups excluding carboxylic acids is 4. The van der Waals surface area contributed by atoms with E-state index in [2.05, 4.69) is 55.4 Å². The monoisotopic (exact) mass is 1340 g/mol. The van der Waals surface area contributed by atoms with Crippen molar-refractivity contribution in [2.24, 2.45) is 23.7 Å². The molecule has 0 saturated carbocycles. The molecule has 0 amide bonds. The lowest BCUT2D eigenvalue weighted by molar-refractivity contribution is -0.161. The number of esters is 4. The van der Waals surface area contributed by atoms with E-state index in [0.717, 1.165) is 115 Å². The van der Waals surface area contributed by atoms with E-state index in [1.807, 2.05) is 0 Å². The third-order valence-electron chi connectivity index (χ3n) is 16.6. The predicted octanol–water partition coefficient (Wildman–Crippen LogP) is 20.5. The van der Waals surface area contributed by atoms with Gasteiger partial charge < -0.3 is 33.8 Å². The van der Waals surface area contributed by atoms with E-state index in [9.17, 15) is 43.2 Å². The van der Waals surface area contributed by atoms with Crippen molar-refractivity contribution in [3.8, 4) is 0 Å². The smallest absolute Gasteiger partial charge is 0.462 e. The Hall–Kier alpha value is -1.94. The molecule has 0 heterocycles. The van der Waals surface area contributed by atoms with Crippen LogP contribution in [-0.4, -0.2) is 96.7 Å². The molecule has 0 aliphatic rings. The Balaban J connectivity index is 5.21. The van der Waals surface area contributed by atoms with Crippen molar-refractivity contribution in [2.75, 3.05) is 39.6 Å². The number of aliphatic hydroxyl groups excluding tert-OH is 1. The van der Waals surface area contributed by atoms with Crippen LogP contribution in [0.3, 0.4) is 0 Å². The van der Waals surface area contributed by atoms with E-state index in [0.29, 0.717) is 37.5 Å². The highest BCUT2D eigenvalue weighted by Gasteiger charge is 2.30. The number of unbranched alkanes of at least 4 members (excludes halogenated alkanes) is 35. The highest BCUT2D eigenvalue weighted by Crippen LogP contribution is 2.45. The van der Waals surface area contributed by atoms with E-state index in [1.54, 1.807) is 0 Å². The maximum absolute atomic E-state index is 13.0. The Morgan fingerprint density at radius 2 is 0.462 bits per heavy atom. The van der Waals surface area contributed by atoms with Gasteiger partial charge in [0.2, 0.25) is 0 Å². The minimum absolute atomic E-state index is 0.105. The summed E-state index contributed by atoms with van der Waals surface area (Å²) in [4.78, 5) is 72.6. The van der Waals surface area contributed by atoms with Gasteiger partial charge in [-0.2, -0.15) is 0 Å². The second kappa shape index (κ2) is 61.6. The number of aliphatic hydroxyl groups is 1. The topological polar surface area (TPSA) is 237 Å². The van der Waals surface area contributed by atoms with Gasteiger partial charge in [0.25, 0.3) is 0 Å². The van der Waals surface area contributed by atoms with Crippen molar-refractivity contribution in [2.45, 2.75) is 375 Å². The fraction of sp³-hybridized carbons (Fsp3) is 0.944. The molecule has 0 saturated heterocycles. The summed E-state index contributed by atoms with van der Waals surface area (Å²) in [6, 6.07) is 0. The predicted molar refractivity (Wildman–Crippen MR) is 367 cm³/mol. The summed E-state index contributed by atoms with van der Waals surface area (Å²) >= 11 is 0. The lowest BCUT2D eigenvalue weighted by atomic mass is 10.0. The first-order chi connectivity index (χ1) is 43.6. The maximum atomic E-state index is 13.0.